The van der Waals surface area contributed by atoms with E-state index >= 15 is 0 Å². The summed E-state index contributed by atoms with van der Waals surface area (Å²) >= 11 is 0. The lowest BCUT2D eigenvalue weighted by Gasteiger charge is -2.35. The van der Waals surface area contributed by atoms with Crippen LogP contribution in [0, 0.1) is 31.6 Å². The summed E-state index contributed by atoms with van der Waals surface area (Å²) < 4.78 is 0. The fourth-order valence-corrected chi connectivity index (χ4v) is 3.76. The number of aryl methyl sites for hydroxylation is 2. The highest BCUT2D eigenvalue weighted by molar-refractivity contribution is 5.33. The molecule has 3 atom stereocenters. The van der Waals surface area contributed by atoms with E-state index in [0.717, 1.165) is 11.8 Å². The molecule has 3 unspecified atom stereocenters. The van der Waals surface area contributed by atoms with Crippen molar-refractivity contribution in [3.8, 4) is 0 Å². The van der Waals surface area contributed by atoms with E-state index < -0.39 is 0 Å². The first-order chi connectivity index (χ1) is 8.47. The van der Waals surface area contributed by atoms with Crippen LogP contribution in [0.25, 0.3) is 0 Å². The van der Waals surface area contributed by atoms with Crippen molar-refractivity contribution in [2.24, 2.45) is 23.5 Å². The van der Waals surface area contributed by atoms with Crippen LogP contribution in [0.15, 0.2) is 18.2 Å². The van der Waals surface area contributed by atoms with Gasteiger partial charge in [0.05, 0.1) is 0 Å². The van der Waals surface area contributed by atoms with E-state index in [1.807, 2.05) is 0 Å². The van der Waals surface area contributed by atoms with Crippen molar-refractivity contribution in [2.45, 2.75) is 53.0 Å². The van der Waals surface area contributed by atoms with Gasteiger partial charge in [0, 0.05) is 6.04 Å². The van der Waals surface area contributed by atoms with Crippen LogP contribution in [0.4, 0.5) is 0 Å². The Bertz CT molecular complexity index is 400. The predicted molar refractivity (Wildman–Crippen MR) is 78.5 cm³/mol. The van der Waals surface area contributed by atoms with Crippen molar-refractivity contribution in [3.05, 3.63) is 34.9 Å². The molecule has 1 fully saturated rings. The van der Waals surface area contributed by atoms with Crippen molar-refractivity contribution in [2.75, 3.05) is 0 Å². The molecule has 100 valence electrons. The van der Waals surface area contributed by atoms with E-state index in [-0.39, 0.29) is 6.04 Å². The van der Waals surface area contributed by atoms with Gasteiger partial charge in [-0.2, -0.15) is 0 Å². The zero-order valence-electron chi connectivity index (χ0n) is 12.2. The van der Waals surface area contributed by atoms with Gasteiger partial charge in [-0.25, -0.2) is 0 Å². The van der Waals surface area contributed by atoms with Gasteiger partial charge < -0.3 is 5.73 Å². The van der Waals surface area contributed by atoms with Crippen LogP contribution in [0.1, 0.15) is 55.8 Å². The van der Waals surface area contributed by atoms with Crippen molar-refractivity contribution >= 4 is 0 Å². The molecule has 1 aromatic carbocycles. The monoisotopic (exact) mass is 245 g/mol. The minimum Gasteiger partial charge on any atom is -0.324 e. The summed E-state index contributed by atoms with van der Waals surface area (Å²) in [7, 11) is 0. The lowest BCUT2D eigenvalue weighted by Crippen LogP contribution is -2.29. The Morgan fingerprint density at radius 3 is 2.22 bits per heavy atom. The van der Waals surface area contributed by atoms with Gasteiger partial charge in [0.15, 0.2) is 0 Å². The Morgan fingerprint density at radius 1 is 1.06 bits per heavy atom. The fraction of sp³-hybridized carbons (Fsp3) is 0.647. The van der Waals surface area contributed by atoms with E-state index in [4.69, 9.17) is 5.73 Å². The van der Waals surface area contributed by atoms with Gasteiger partial charge in [0.25, 0.3) is 0 Å². The second-order valence-electron chi connectivity index (χ2n) is 6.56. The Balaban J connectivity index is 2.17. The largest absolute Gasteiger partial charge is 0.324 e. The third kappa shape index (κ3) is 2.95. The Labute approximate surface area is 112 Å². The number of hydrogen-bond acceptors (Lipinski definition) is 1. The first-order valence-corrected chi connectivity index (χ1v) is 7.30. The average Bonchev–Trinajstić information content (AvgIpc) is 2.26. The average molecular weight is 245 g/mol. The number of nitrogens with two attached hydrogens (primary N) is 1. The van der Waals surface area contributed by atoms with Crippen LogP contribution in [0.2, 0.25) is 0 Å². The molecule has 0 amide bonds. The quantitative estimate of drug-likeness (QED) is 0.822. The summed E-state index contributed by atoms with van der Waals surface area (Å²) in [5.74, 6) is 2.32. The summed E-state index contributed by atoms with van der Waals surface area (Å²) in [5.41, 5.74) is 10.6. The van der Waals surface area contributed by atoms with E-state index in [0.29, 0.717) is 5.92 Å². The summed E-state index contributed by atoms with van der Waals surface area (Å²) in [4.78, 5) is 0. The van der Waals surface area contributed by atoms with Crippen LogP contribution in [-0.4, -0.2) is 0 Å². The van der Waals surface area contributed by atoms with E-state index in [2.05, 4.69) is 45.9 Å². The molecule has 0 saturated heterocycles. The maximum Gasteiger partial charge on any atom is 0.0326 e. The zero-order valence-corrected chi connectivity index (χ0v) is 12.2. The lowest BCUT2D eigenvalue weighted by atomic mass is 9.72. The molecule has 1 aliphatic carbocycles. The van der Waals surface area contributed by atoms with Gasteiger partial charge >= 0.3 is 0 Å². The molecule has 1 aliphatic rings. The second kappa shape index (κ2) is 5.44. The normalized spacial score (nSPS) is 30.2. The summed E-state index contributed by atoms with van der Waals surface area (Å²) in [6.45, 7) is 9.08. The van der Waals surface area contributed by atoms with Gasteiger partial charge in [0.2, 0.25) is 0 Å². The van der Waals surface area contributed by atoms with Gasteiger partial charge in [-0.15, -0.1) is 0 Å². The minimum absolute atomic E-state index is 0.218. The molecule has 2 rings (SSSR count). The first-order valence-electron chi connectivity index (χ1n) is 7.30. The molecule has 0 bridgehead atoms. The number of rotatable bonds is 2. The predicted octanol–water partition coefficient (Wildman–Crippen LogP) is 4.38. The van der Waals surface area contributed by atoms with Crippen molar-refractivity contribution in [1.29, 1.82) is 0 Å². The third-order valence-corrected chi connectivity index (χ3v) is 4.51. The van der Waals surface area contributed by atoms with Gasteiger partial charge in [-0.3, -0.25) is 0 Å². The molecule has 0 aliphatic heterocycles. The van der Waals surface area contributed by atoms with Gasteiger partial charge in [-0.1, -0.05) is 37.6 Å². The molecular weight excluding hydrogens is 218 g/mol. The summed E-state index contributed by atoms with van der Waals surface area (Å²) in [5, 5.41) is 0. The molecular formula is C17H27N. The van der Waals surface area contributed by atoms with Crippen LogP contribution >= 0.6 is 0 Å². The van der Waals surface area contributed by atoms with E-state index in [9.17, 15) is 0 Å². The smallest absolute Gasteiger partial charge is 0.0326 e. The molecule has 1 saturated carbocycles. The van der Waals surface area contributed by atoms with E-state index in [1.165, 1.54) is 36.0 Å². The molecule has 18 heavy (non-hydrogen) atoms. The number of benzene rings is 1. The first kappa shape index (κ1) is 13.6. The molecule has 0 aromatic heterocycles. The van der Waals surface area contributed by atoms with Crippen LogP contribution in [0.3, 0.4) is 0 Å². The Kier molecular flexibility index (Phi) is 4.11. The summed E-state index contributed by atoms with van der Waals surface area (Å²) in [6, 6.07) is 6.90. The molecule has 0 heterocycles. The Hall–Kier alpha value is -0.820. The van der Waals surface area contributed by atoms with E-state index in [1.54, 1.807) is 0 Å². The standard InChI is InChI=1S/C17H27N/c1-11-5-6-16(14(4)8-11)17(18)15-9-12(2)7-13(3)10-15/h5-6,8,12-13,15,17H,7,9-10,18H2,1-4H3. The molecule has 2 N–H and O–H groups in total. The molecule has 0 radical (unpaired) electrons. The summed E-state index contributed by atoms with van der Waals surface area (Å²) in [6.07, 6.45) is 3.95. The van der Waals surface area contributed by atoms with Crippen molar-refractivity contribution in [3.63, 3.8) is 0 Å². The lowest BCUT2D eigenvalue weighted by molar-refractivity contribution is 0.193. The van der Waals surface area contributed by atoms with Crippen molar-refractivity contribution < 1.29 is 0 Å². The second-order valence-corrected chi connectivity index (χ2v) is 6.56. The van der Waals surface area contributed by atoms with Gasteiger partial charge in [0.1, 0.15) is 0 Å². The third-order valence-electron chi connectivity index (χ3n) is 4.51. The number of hydrogen-bond donors (Lipinski definition) is 1. The van der Waals surface area contributed by atoms with Crippen LogP contribution in [0.5, 0.6) is 0 Å². The highest BCUT2D eigenvalue weighted by Crippen LogP contribution is 2.39. The molecule has 0 spiro atoms. The molecule has 1 nitrogen and oxygen atoms in total. The minimum atomic E-state index is 0.218. The maximum atomic E-state index is 6.55. The molecule has 1 heteroatoms. The zero-order chi connectivity index (χ0) is 13.3. The van der Waals surface area contributed by atoms with Crippen LogP contribution in [-0.2, 0) is 0 Å². The maximum absolute atomic E-state index is 6.55. The highest BCUT2D eigenvalue weighted by Gasteiger charge is 2.29. The topological polar surface area (TPSA) is 26.0 Å². The van der Waals surface area contributed by atoms with Crippen LogP contribution < -0.4 is 5.73 Å². The SMILES string of the molecule is Cc1ccc(C(N)C2CC(C)CC(C)C2)c(C)c1. The fourth-order valence-electron chi connectivity index (χ4n) is 3.76. The Morgan fingerprint density at radius 2 is 1.67 bits per heavy atom. The van der Waals surface area contributed by atoms with Gasteiger partial charge in [-0.05, 0) is 62.0 Å². The molecule has 1 aromatic rings. The highest BCUT2D eigenvalue weighted by atomic mass is 14.7. The van der Waals surface area contributed by atoms with Crippen molar-refractivity contribution in [1.82, 2.24) is 0 Å².